The Kier molecular flexibility index (Phi) is 4.23. The quantitative estimate of drug-likeness (QED) is 0.768. The van der Waals surface area contributed by atoms with Crippen LogP contribution in [0.2, 0.25) is 0 Å². The summed E-state index contributed by atoms with van der Waals surface area (Å²) in [4.78, 5) is 22.0. The van der Waals surface area contributed by atoms with Crippen LogP contribution in [0.15, 0.2) is 24.3 Å². The fraction of sp³-hybridized carbons (Fsp3) is 0.250. The van der Waals surface area contributed by atoms with Gasteiger partial charge in [-0.2, -0.15) is 5.26 Å². The molecule has 2 amide bonds. The van der Waals surface area contributed by atoms with Crippen molar-refractivity contribution in [1.82, 2.24) is 5.32 Å². The van der Waals surface area contributed by atoms with E-state index in [0.29, 0.717) is 5.56 Å². The molecular weight excluding hydrogens is 218 g/mol. The van der Waals surface area contributed by atoms with Crippen LogP contribution in [0.3, 0.4) is 0 Å². The van der Waals surface area contributed by atoms with Crippen molar-refractivity contribution in [1.29, 1.82) is 5.26 Å². The van der Waals surface area contributed by atoms with Gasteiger partial charge in [-0.15, -0.1) is 0 Å². The molecule has 17 heavy (non-hydrogen) atoms. The van der Waals surface area contributed by atoms with E-state index >= 15 is 0 Å². The van der Waals surface area contributed by atoms with E-state index in [1.807, 2.05) is 6.07 Å². The zero-order valence-corrected chi connectivity index (χ0v) is 9.43. The van der Waals surface area contributed by atoms with Gasteiger partial charge in [-0.1, -0.05) is 12.1 Å². The highest BCUT2D eigenvalue weighted by molar-refractivity contribution is 5.85. The van der Waals surface area contributed by atoms with E-state index in [-0.39, 0.29) is 12.3 Å². The highest BCUT2D eigenvalue weighted by Gasteiger charge is 2.16. The SMILES string of the molecule is CC(=O)N[C@H](Cc1cccc(C#N)c1)C(N)=O. The second-order valence-electron chi connectivity index (χ2n) is 3.67. The Labute approximate surface area is 99.2 Å². The Hall–Kier alpha value is -2.35. The average Bonchev–Trinajstić information content (AvgIpc) is 2.27. The van der Waals surface area contributed by atoms with Crippen LogP contribution in [0.25, 0.3) is 0 Å². The van der Waals surface area contributed by atoms with E-state index in [1.54, 1.807) is 24.3 Å². The van der Waals surface area contributed by atoms with Crippen LogP contribution in [0, 0.1) is 11.3 Å². The second-order valence-corrected chi connectivity index (χ2v) is 3.67. The molecule has 0 aliphatic rings. The molecule has 0 radical (unpaired) electrons. The number of hydrogen-bond acceptors (Lipinski definition) is 3. The van der Waals surface area contributed by atoms with Crippen molar-refractivity contribution in [3.05, 3.63) is 35.4 Å². The van der Waals surface area contributed by atoms with Gasteiger partial charge >= 0.3 is 0 Å². The summed E-state index contributed by atoms with van der Waals surface area (Å²) in [7, 11) is 0. The van der Waals surface area contributed by atoms with Crippen molar-refractivity contribution < 1.29 is 9.59 Å². The lowest BCUT2D eigenvalue weighted by molar-refractivity contribution is -0.126. The smallest absolute Gasteiger partial charge is 0.240 e. The van der Waals surface area contributed by atoms with Crippen molar-refractivity contribution in [3.63, 3.8) is 0 Å². The lowest BCUT2D eigenvalue weighted by atomic mass is 10.0. The van der Waals surface area contributed by atoms with Crippen molar-refractivity contribution in [2.45, 2.75) is 19.4 Å². The molecule has 1 atom stereocenters. The minimum atomic E-state index is -0.749. The Morgan fingerprint density at radius 1 is 1.53 bits per heavy atom. The maximum absolute atomic E-state index is 11.1. The minimum Gasteiger partial charge on any atom is -0.368 e. The van der Waals surface area contributed by atoms with Gasteiger partial charge < -0.3 is 11.1 Å². The molecule has 0 bridgehead atoms. The summed E-state index contributed by atoms with van der Waals surface area (Å²) in [5.41, 5.74) is 6.47. The van der Waals surface area contributed by atoms with Gasteiger partial charge in [0.05, 0.1) is 11.6 Å². The predicted molar refractivity (Wildman–Crippen MR) is 61.7 cm³/mol. The number of rotatable bonds is 4. The minimum absolute atomic E-state index is 0.282. The van der Waals surface area contributed by atoms with Crippen LogP contribution in [0.1, 0.15) is 18.1 Å². The van der Waals surface area contributed by atoms with Gasteiger partial charge in [-0.3, -0.25) is 9.59 Å². The van der Waals surface area contributed by atoms with E-state index in [2.05, 4.69) is 5.32 Å². The summed E-state index contributed by atoms with van der Waals surface area (Å²) in [6.45, 7) is 1.32. The molecule has 0 aliphatic carbocycles. The van der Waals surface area contributed by atoms with Gasteiger partial charge in [0.25, 0.3) is 0 Å². The van der Waals surface area contributed by atoms with Crippen molar-refractivity contribution in [2.24, 2.45) is 5.73 Å². The molecule has 1 rings (SSSR count). The number of carbonyl (C=O) groups is 2. The third-order valence-corrected chi connectivity index (χ3v) is 2.22. The Morgan fingerprint density at radius 2 is 2.24 bits per heavy atom. The van der Waals surface area contributed by atoms with Crippen molar-refractivity contribution >= 4 is 11.8 Å². The maximum atomic E-state index is 11.1. The summed E-state index contributed by atoms with van der Waals surface area (Å²) in [5.74, 6) is -0.909. The van der Waals surface area contributed by atoms with Crippen LogP contribution >= 0.6 is 0 Å². The first-order valence-electron chi connectivity index (χ1n) is 5.08. The second kappa shape index (κ2) is 5.66. The molecule has 88 valence electrons. The number of nitriles is 1. The van der Waals surface area contributed by atoms with Crippen molar-refractivity contribution in [2.75, 3.05) is 0 Å². The van der Waals surface area contributed by atoms with Crippen LogP contribution in [0.5, 0.6) is 0 Å². The van der Waals surface area contributed by atoms with Gasteiger partial charge in [0, 0.05) is 13.3 Å². The molecule has 0 aromatic heterocycles. The third kappa shape index (κ3) is 3.95. The fourth-order valence-corrected chi connectivity index (χ4v) is 1.47. The van der Waals surface area contributed by atoms with Gasteiger partial charge in [0.15, 0.2) is 0 Å². The highest BCUT2D eigenvalue weighted by Crippen LogP contribution is 2.07. The number of nitrogens with zero attached hydrogens (tertiary/aromatic N) is 1. The number of carbonyl (C=O) groups excluding carboxylic acids is 2. The first-order chi connectivity index (χ1) is 8.02. The molecular formula is C12H13N3O2. The summed E-state index contributed by atoms with van der Waals surface area (Å²) >= 11 is 0. The van der Waals surface area contributed by atoms with E-state index in [4.69, 9.17) is 11.0 Å². The maximum Gasteiger partial charge on any atom is 0.240 e. The molecule has 5 heteroatoms. The summed E-state index contributed by atoms with van der Waals surface area (Å²) in [5, 5.41) is 11.2. The van der Waals surface area contributed by atoms with Crippen molar-refractivity contribution in [3.8, 4) is 6.07 Å². The summed E-state index contributed by atoms with van der Waals surface area (Å²) in [6, 6.07) is 8.09. The number of amides is 2. The number of benzene rings is 1. The van der Waals surface area contributed by atoms with Gasteiger partial charge in [-0.25, -0.2) is 0 Å². The molecule has 0 heterocycles. The molecule has 0 saturated carbocycles. The van der Waals surface area contributed by atoms with Crippen LogP contribution in [-0.4, -0.2) is 17.9 Å². The monoisotopic (exact) mass is 231 g/mol. The van der Waals surface area contributed by atoms with E-state index in [1.165, 1.54) is 6.92 Å². The largest absolute Gasteiger partial charge is 0.368 e. The van der Waals surface area contributed by atoms with E-state index in [0.717, 1.165) is 5.56 Å². The van der Waals surface area contributed by atoms with E-state index in [9.17, 15) is 9.59 Å². The number of nitrogens with two attached hydrogens (primary N) is 1. The fourth-order valence-electron chi connectivity index (χ4n) is 1.47. The topological polar surface area (TPSA) is 96.0 Å². The zero-order valence-electron chi connectivity index (χ0n) is 9.43. The van der Waals surface area contributed by atoms with E-state index < -0.39 is 11.9 Å². The first-order valence-corrected chi connectivity index (χ1v) is 5.08. The van der Waals surface area contributed by atoms with Crippen LogP contribution in [-0.2, 0) is 16.0 Å². The lowest BCUT2D eigenvalue weighted by Gasteiger charge is -2.14. The zero-order chi connectivity index (χ0) is 12.8. The Morgan fingerprint density at radius 3 is 2.76 bits per heavy atom. The Bertz CT molecular complexity index is 477. The first kappa shape index (κ1) is 12.7. The lowest BCUT2D eigenvalue weighted by Crippen LogP contribution is -2.44. The predicted octanol–water partition coefficient (Wildman–Crippen LogP) is 0.0908. The number of nitrogens with one attached hydrogen (secondary N) is 1. The molecule has 1 aromatic carbocycles. The molecule has 0 saturated heterocycles. The average molecular weight is 231 g/mol. The molecule has 0 fully saturated rings. The molecule has 0 spiro atoms. The highest BCUT2D eigenvalue weighted by atomic mass is 16.2. The van der Waals surface area contributed by atoms with Crippen LogP contribution < -0.4 is 11.1 Å². The van der Waals surface area contributed by atoms with Gasteiger partial charge in [0.1, 0.15) is 6.04 Å². The number of hydrogen-bond donors (Lipinski definition) is 2. The number of primary amides is 1. The molecule has 0 unspecified atom stereocenters. The Balaban J connectivity index is 2.82. The molecule has 3 N–H and O–H groups in total. The third-order valence-electron chi connectivity index (χ3n) is 2.22. The summed E-state index contributed by atoms with van der Waals surface area (Å²) in [6.07, 6.45) is 0.282. The normalized spacial score (nSPS) is 11.3. The summed E-state index contributed by atoms with van der Waals surface area (Å²) < 4.78 is 0. The van der Waals surface area contributed by atoms with Crippen LogP contribution in [0.4, 0.5) is 0 Å². The molecule has 5 nitrogen and oxygen atoms in total. The van der Waals surface area contributed by atoms with Gasteiger partial charge in [-0.05, 0) is 17.7 Å². The standard InChI is InChI=1S/C12H13N3O2/c1-8(16)15-11(12(14)17)6-9-3-2-4-10(5-9)7-13/h2-5,11H,6H2,1H3,(H2,14,17)(H,15,16)/t11-/m1/s1. The van der Waals surface area contributed by atoms with Gasteiger partial charge in [0.2, 0.25) is 11.8 Å². The molecule has 1 aromatic rings. The molecule has 0 aliphatic heterocycles.